The van der Waals surface area contributed by atoms with Crippen molar-refractivity contribution in [2.45, 2.75) is 44.8 Å². The largest absolute Gasteiger partial charge is 0.481 e. The average Bonchev–Trinajstić information content (AvgIpc) is 2.25. The summed E-state index contributed by atoms with van der Waals surface area (Å²) < 4.78 is 31.9. The Hall–Kier alpha value is -0.920. The van der Waals surface area contributed by atoms with E-state index in [-0.39, 0.29) is 25.3 Å². The van der Waals surface area contributed by atoms with Crippen LogP contribution in [0.2, 0.25) is 0 Å². The topological polar surface area (TPSA) is 83.9 Å². The predicted octanol–water partition coefficient (Wildman–Crippen LogP) is 0.990. The van der Waals surface area contributed by atoms with E-state index in [1.165, 1.54) is 4.31 Å². The number of ether oxygens (including phenoxy) is 1. The zero-order chi connectivity index (χ0) is 15.0. The minimum atomic E-state index is -3.43. The standard InChI is InChI=1S/C13H21NO5S/c1-13(2)9-19-11(6-12(15)16)7-14(13)20(17,18)8-10-4-3-5-10/h4,11H,3,5-9H2,1-2H3,(H,15,16). The zero-order valence-corrected chi connectivity index (χ0v) is 12.6. The van der Waals surface area contributed by atoms with Gasteiger partial charge in [0.1, 0.15) is 0 Å². The Bertz CT molecular complexity index is 523. The van der Waals surface area contributed by atoms with Gasteiger partial charge in [0, 0.05) is 6.54 Å². The van der Waals surface area contributed by atoms with Crippen LogP contribution in [0.5, 0.6) is 0 Å². The van der Waals surface area contributed by atoms with Crippen molar-refractivity contribution in [1.82, 2.24) is 4.31 Å². The number of morpholine rings is 1. The van der Waals surface area contributed by atoms with Gasteiger partial charge in [-0.15, -0.1) is 0 Å². The van der Waals surface area contributed by atoms with Gasteiger partial charge in [-0.2, -0.15) is 4.31 Å². The molecular formula is C13H21NO5S. The van der Waals surface area contributed by atoms with Crippen LogP contribution in [0.3, 0.4) is 0 Å². The van der Waals surface area contributed by atoms with Gasteiger partial charge in [0.15, 0.2) is 0 Å². The third-order valence-corrected chi connectivity index (χ3v) is 5.77. The van der Waals surface area contributed by atoms with Gasteiger partial charge in [-0.1, -0.05) is 11.6 Å². The molecule has 0 amide bonds. The van der Waals surface area contributed by atoms with Gasteiger partial charge in [-0.3, -0.25) is 4.79 Å². The molecule has 20 heavy (non-hydrogen) atoms. The molecule has 1 saturated heterocycles. The van der Waals surface area contributed by atoms with E-state index in [0.29, 0.717) is 0 Å². The van der Waals surface area contributed by atoms with Crippen molar-refractivity contribution in [2.75, 3.05) is 18.9 Å². The van der Waals surface area contributed by atoms with E-state index in [0.717, 1.165) is 18.4 Å². The summed E-state index contributed by atoms with van der Waals surface area (Å²) in [5.41, 5.74) is 0.306. The summed E-state index contributed by atoms with van der Waals surface area (Å²) in [6.45, 7) is 3.92. The third kappa shape index (κ3) is 3.39. The first-order chi connectivity index (χ1) is 9.21. The molecule has 0 aromatic carbocycles. The highest BCUT2D eigenvalue weighted by atomic mass is 32.2. The average molecular weight is 303 g/mol. The van der Waals surface area contributed by atoms with Crippen LogP contribution in [0.25, 0.3) is 0 Å². The highest BCUT2D eigenvalue weighted by Gasteiger charge is 2.42. The van der Waals surface area contributed by atoms with Crippen molar-refractivity contribution in [3.63, 3.8) is 0 Å². The maximum atomic E-state index is 12.5. The Labute approximate surface area is 119 Å². The lowest BCUT2D eigenvalue weighted by atomic mass is 10.0. The summed E-state index contributed by atoms with van der Waals surface area (Å²) in [5, 5.41) is 8.82. The highest BCUT2D eigenvalue weighted by molar-refractivity contribution is 7.89. The Morgan fingerprint density at radius 2 is 2.20 bits per heavy atom. The Morgan fingerprint density at radius 3 is 2.70 bits per heavy atom. The molecule has 2 rings (SSSR count). The molecule has 1 atom stereocenters. The van der Waals surface area contributed by atoms with Crippen LogP contribution in [0.1, 0.15) is 33.1 Å². The molecule has 1 aliphatic carbocycles. The van der Waals surface area contributed by atoms with Crippen molar-refractivity contribution in [2.24, 2.45) is 0 Å². The molecule has 0 spiro atoms. The van der Waals surface area contributed by atoms with Crippen LogP contribution >= 0.6 is 0 Å². The molecule has 7 heteroatoms. The predicted molar refractivity (Wildman–Crippen MR) is 73.9 cm³/mol. The molecule has 1 aliphatic heterocycles. The van der Waals surface area contributed by atoms with Crippen molar-refractivity contribution in [3.05, 3.63) is 11.6 Å². The van der Waals surface area contributed by atoms with Crippen LogP contribution in [0.15, 0.2) is 11.6 Å². The number of carboxylic acid groups (broad SMARTS) is 1. The lowest BCUT2D eigenvalue weighted by Gasteiger charge is -2.44. The molecule has 0 bridgehead atoms. The lowest BCUT2D eigenvalue weighted by molar-refractivity contribution is -0.143. The van der Waals surface area contributed by atoms with Crippen LogP contribution in [-0.2, 0) is 19.6 Å². The fourth-order valence-electron chi connectivity index (χ4n) is 2.48. The normalized spacial score (nSPS) is 26.7. The number of carbonyl (C=O) groups is 1. The van der Waals surface area contributed by atoms with Gasteiger partial charge < -0.3 is 9.84 Å². The number of carboxylic acids is 1. The van der Waals surface area contributed by atoms with Gasteiger partial charge in [0.05, 0.1) is 30.4 Å². The van der Waals surface area contributed by atoms with E-state index < -0.39 is 27.6 Å². The molecule has 1 fully saturated rings. The maximum absolute atomic E-state index is 12.5. The van der Waals surface area contributed by atoms with E-state index in [2.05, 4.69) is 0 Å². The summed E-state index contributed by atoms with van der Waals surface area (Å²) in [6.07, 6.45) is 2.97. The summed E-state index contributed by atoms with van der Waals surface area (Å²) in [5.74, 6) is -0.940. The van der Waals surface area contributed by atoms with E-state index in [4.69, 9.17) is 9.84 Å². The number of aliphatic carboxylic acids is 1. The number of rotatable bonds is 5. The summed E-state index contributed by atoms with van der Waals surface area (Å²) in [6, 6.07) is 0. The SMILES string of the molecule is CC1(C)COC(CC(=O)O)CN1S(=O)(=O)CC1=CCC1. The first-order valence-electron chi connectivity index (χ1n) is 6.72. The molecule has 1 unspecified atom stereocenters. The monoisotopic (exact) mass is 303 g/mol. The smallest absolute Gasteiger partial charge is 0.306 e. The van der Waals surface area contributed by atoms with E-state index in [1.54, 1.807) is 13.8 Å². The molecule has 0 saturated carbocycles. The van der Waals surface area contributed by atoms with Crippen LogP contribution in [0, 0.1) is 0 Å². The number of hydrogen-bond acceptors (Lipinski definition) is 4. The fourth-order valence-corrected chi connectivity index (χ4v) is 4.56. The molecule has 0 aromatic heterocycles. The van der Waals surface area contributed by atoms with Gasteiger partial charge >= 0.3 is 5.97 Å². The second-order valence-corrected chi connectivity index (χ2v) is 7.92. The highest BCUT2D eigenvalue weighted by Crippen LogP contribution is 2.29. The molecule has 0 aromatic rings. The number of nitrogens with zero attached hydrogens (tertiary/aromatic N) is 1. The number of sulfonamides is 1. The Morgan fingerprint density at radius 1 is 1.55 bits per heavy atom. The van der Waals surface area contributed by atoms with Crippen molar-refractivity contribution >= 4 is 16.0 Å². The van der Waals surface area contributed by atoms with Gasteiger partial charge in [-0.05, 0) is 26.7 Å². The summed E-state index contributed by atoms with van der Waals surface area (Å²) >= 11 is 0. The van der Waals surface area contributed by atoms with Crippen LogP contribution in [-0.4, -0.2) is 54.3 Å². The summed E-state index contributed by atoms with van der Waals surface area (Å²) in [4.78, 5) is 10.8. The minimum absolute atomic E-state index is 0.0379. The van der Waals surface area contributed by atoms with Gasteiger partial charge in [-0.25, -0.2) is 8.42 Å². The Balaban J connectivity index is 2.14. The number of allylic oxidation sites excluding steroid dienone is 1. The molecular weight excluding hydrogens is 282 g/mol. The maximum Gasteiger partial charge on any atom is 0.306 e. The molecule has 1 heterocycles. The third-order valence-electron chi connectivity index (χ3n) is 3.72. The molecule has 6 nitrogen and oxygen atoms in total. The van der Waals surface area contributed by atoms with Gasteiger partial charge in [0.25, 0.3) is 0 Å². The minimum Gasteiger partial charge on any atom is -0.481 e. The molecule has 1 N–H and O–H groups in total. The lowest BCUT2D eigenvalue weighted by Crippen LogP contribution is -2.59. The Kier molecular flexibility index (Phi) is 4.22. The van der Waals surface area contributed by atoms with Crippen molar-refractivity contribution in [3.8, 4) is 0 Å². The first kappa shape index (κ1) is 15.5. The quantitative estimate of drug-likeness (QED) is 0.766. The zero-order valence-electron chi connectivity index (χ0n) is 11.8. The second-order valence-electron chi connectivity index (χ2n) is 6.03. The molecule has 114 valence electrons. The fraction of sp³-hybridized carbons (Fsp3) is 0.769. The van der Waals surface area contributed by atoms with Crippen LogP contribution < -0.4 is 0 Å². The van der Waals surface area contributed by atoms with E-state index >= 15 is 0 Å². The van der Waals surface area contributed by atoms with Crippen molar-refractivity contribution in [1.29, 1.82) is 0 Å². The van der Waals surface area contributed by atoms with Crippen LogP contribution in [0.4, 0.5) is 0 Å². The molecule has 2 aliphatic rings. The number of hydrogen-bond donors (Lipinski definition) is 1. The van der Waals surface area contributed by atoms with Crippen molar-refractivity contribution < 1.29 is 23.1 Å². The van der Waals surface area contributed by atoms with E-state index in [1.807, 2.05) is 6.08 Å². The first-order valence-corrected chi connectivity index (χ1v) is 8.33. The van der Waals surface area contributed by atoms with Gasteiger partial charge in [0.2, 0.25) is 10.0 Å². The van der Waals surface area contributed by atoms with E-state index in [9.17, 15) is 13.2 Å². The second kappa shape index (κ2) is 5.46. The molecule has 0 radical (unpaired) electrons. The summed E-state index contributed by atoms with van der Waals surface area (Å²) in [7, 11) is -3.43.